The predicted molar refractivity (Wildman–Crippen MR) is 88.7 cm³/mol. The van der Waals surface area contributed by atoms with E-state index in [-0.39, 0.29) is 0 Å². The average Bonchev–Trinajstić information content (AvgIpc) is 2.68. The summed E-state index contributed by atoms with van der Waals surface area (Å²) < 4.78 is 169. The number of alkyl halides is 13. The van der Waals surface area contributed by atoms with Crippen LogP contribution in [-0.4, -0.2) is 49.2 Å². The molecule has 0 saturated carbocycles. The Hall–Kier alpha value is -1.91. The summed E-state index contributed by atoms with van der Waals surface area (Å²) in [4.78, 5) is 0. The van der Waals surface area contributed by atoms with Gasteiger partial charge in [-0.3, -0.25) is 0 Å². The first kappa shape index (κ1) is 26.3. The molecule has 0 unspecified atom stereocenters. The third-order valence-corrected chi connectivity index (χ3v) is 9.41. The first-order valence-corrected chi connectivity index (χ1v) is 11.0. The molecule has 32 heavy (non-hydrogen) atoms. The fraction of sp³-hybridized carbons (Fsp3) is 0.333. The molecule has 14 heteroatoms. The average molecular weight is 548 g/mol. The zero-order chi connectivity index (χ0) is 24.8. The van der Waals surface area contributed by atoms with E-state index in [1.54, 1.807) is 0 Å². The Bertz CT molecular complexity index is 868. The maximum absolute atomic E-state index is 14.9. The van der Waals surface area contributed by atoms with Gasteiger partial charge in [-0.15, -0.1) is 0 Å². The van der Waals surface area contributed by atoms with E-state index in [0.717, 1.165) is 48.5 Å². The van der Waals surface area contributed by atoms with Gasteiger partial charge in [0, 0.05) is 0 Å². The van der Waals surface area contributed by atoms with Gasteiger partial charge in [0.25, 0.3) is 0 Å². The van der Waals surface area contributed by atoms with Gasteiger partial charge in [0.2, 0.25) is 0 Å². The Balaban J connectivity index is 2.72. The van der Waals surface area contributed by atoms with Crippen LogP contribution in [0.2, 0.25) is 0 Å². The molecule has 0 radical (unpaired) electrons. The van der Waals surface area contributed by atoms with Crippen molar-refractivity contribution in [3.05, 3.63) is 60.7 Å². The molecule has 0 aliphatic heterocycles. The Morgan fingerprint density at radius 3 is 1.03 bits per heavy atom. The van der Waals surface area contributed by atoms with E-state index in [4.69, 9.17) is 0 Å². The number of benzene rings is 2. The van der Waals surface area contributed by atoms with Crippen molar-refractivity contribution in [1.82, 2.24) is 0 Å². The molecule has 0 aliphatic rings. The van der Waals surface area contributed by atoms with E-state index < -0.39 is 57.9 Å². The predicted octanol–water partition coefficient (Wildman–Crippen LogP) is 5.57. The topological polar surface area (TPSA) is 0 Å². The normalized spacial score (nSPS) is 14.7. The number of hydrogen-bond acceptors (Lipinski definition) is 0. The first-order valence-electron chi connectivity index (χ1n) is 8.20. The summed E-state index contributed by atoms with van der Waals surface area (Å²) in [5, 5.41) is 0. The molecule has 0 saturated heterocycles. The zero-order valence-corrected chi connectivity index (χ0v) is 17.0. The van der Waals surface area contributed by atoms with Crippen molar-refractivity contribution >= 4 is 23.4 Å². The van der Waals surface area contributed by atoms with Gasteiger partial charge in [-0.25, -0.2) is 0 Å². The van der Waals surface area contributed by atoms with Gasteiger partial charge >= 0.3 is 176 Å². The molecule has 2 rings (SSSR count). The van der Waals surface area contributed by atoms with Crippen molar-refractivity contribution in [3.63, 3.8) is 0 Å². The van der Waals surface area contributed by atoms with E-state index >= 15 is 0 Å². The van der Waals surface area contributed by atoms with Gasteiger partial charge in [0.15, 0.2) is 0 Å². The monoisotopic (exact) mass is 548 g/mol. The Morgan fingerprint density at radius 2 is 0.719 bits per heavy atom. The second-order valence-corrected chi connectivity index (χ2v) is 11.1. The van der Waals surface area contributed by atoms with Crippen molar-refractivity contribution in [2.24, 2.45) is 0 Å². The molecule has 2 aromatic carbocycles. The van der Waals surface area contributed by atoms with Gasteiger partial charge in [-0.05, 0) is 0 Å². The quantitative estimate of drug-likeness (QED) is 0.314. The van der Waals surface area contributed by atoms with Crippen LogP contribution < -0.4 is 8.70 Å². The van der Waals surface area contributed by atoms with Crippen molar-refractivity contribution in [2.75, 3.05) is 0 Å². The van der Waals surface area contributed by atoms with Gasteiger partial charge in [-0.2, -0.15) is 0 Å². The second kappa shape index (κ2) is 8.14. The van der Waals surface area contributed by atoms with Crippen molar-refractivity contribution in [1.29, 1.82) is 0 Å². The summed E-state index contributed by atoms with van der Waals surface area (Å²) in [7, 11) is 0. The fourth-order valence-corrected chi connectivity index (χ4v) is 7.37. The molecule has 0 nitrogen and oxygen atoms in total. The molecule has 0 atom stereocenters. The molecule has 0 aromatic heterocycles. The van der Waals surface area contributed by atoms with Crippen LogP contribution in [0.3, 0.4) is 0 Å². The van der Waals surface area contributed by atoms with E-state index in [1.165, 1.54) is 12.1 Å². The SMILES string of the molecule is FC(F)(F)C(F)(F)C(F)(F)C(F)(F)C(F)(F)C(F)(F)[As](c1ccccc1)c1ccccc1. The van der Waals surface area contributed by atoms with Gasteiger partial charge < -0.3 is 0 Å². The summed E-state index contributed by atoms with van der Waals surface area (Å²) in [6.07, 6.45) is -7.43. The number of rotatable bonds is 7. The molecular weight excluding hydrogens is 538 g/mol. The van der Waals surface area contributed by atoms with E-state index in [9.17, 15) is 57.1 Å². The van der Waals surface area contributed by atoms with E-state index in [1.807, 2.05) is 0 Å². The molecule has 0 aliphatic carbocycles. The van der Waals surface area contributed by atoms with Crippen molar-refractivity contribution < 1.29 is 57.1 Å². The fourth-order valence-electron chi connectivity index (χ4n) is 2.53. The molecule has 0 spiro atoms. The minimum atomic E-state index is -7.90. The Kier molecular flexibility index (Phi) is 6.70. The molecule has 2 aromatic rings. The van der Waals surface area contributed by atoms with E-state index in [2.05, 4.69) is 0 Å². The van der Waals surface area contributed by atoms with Crippen LogP contribution >= 0.6 is 0 Å². The van der Waals surface area contributed by atoms with Crippen LogP contribution in [0, 0.1) is 0 Å². The van der Waals surface area contributed by atoms with Crippen LogP contribution in [0.5, 0.6) is 0 Å². The summed E-state index contributed by atoms with van der Waals surface area (Å²) in [6, 6.07) is 9.83. The molecular formula is C18H10AsF13. The standard InChI is InChI=1S/C18H10AsF13/c20-13(21,14(22,23)16(26,27)18(30,31)32)15(24,25)17(28,29)19(11-7-3-1-4-8-11)12-9-5-2-6-10-12/h1-10H. The van der Waals surface area contributed by atoms with Gasteiger partial charge in [0.1, 0.15) is 0 Å². The van der Waals surface area contributed by atoms with E-state index in [0.29, 0.717) is 0 Å². The Labute approximate surface area is 176 Å². The molecule has 0 N–H and O–H groups in total. The summed E-state index contributed by atoms with van der Waals surface area (Å²) in [5.74, 6) is -30.7. The zero-order valence-electron chi connectivity index (χ0n) is 15.1. The summed E-state index contributed by atoms with van der Waals surface area (Å²) in [5.41, 5.74) is 0. The minimum absolute atomic E-state index is 0.669. The van der Waals surface area contributed by atoms with Crippen molar-refractivity contribution in [3.8, 4) is 0 Å². The van der Waals surface area contributed by atoms with Crippen LogP contribution in [0.4, 0.5) is 57.1 Å². The maximum atomic E-state index is 14.9. The summed E-state index contributed by atoms with van der Waals surface area (Å²) in [6.45, 7) is 0. The van der Waals surface area contributed by atoms with Crippen LogP contribution in [-0.2, 0) is 0 Å². The van der Waals surface area contributed by atoms with Gasteiger partial charge in [0.05, 0.1) is 0 Å². The molecule has 178 valence electrons. The molecule has 0 heterocycles. The third-order valence-electron chi connectivity index (χ3n) is 4.23. The van der Waals surface area contributed by atoms with Crippen molar-refractivity contribution in [2.45, 2.75) is 34.6 Å². The van der Waals surface area contributed by atoms with Crippen LogP contribution in [0.15, 0.2) is 60.7 Å². The van der Waals surface area contributed by atoms with Gasteiger partial charge in [-0.1, -0.05) is 0 Å². The number of halogens is 13. The first-order chi connectivity index (χ1) is 14.3. The second-order valence-electron chi connectivity index (χ2n) is 6.34. The van der Waals surface area contributed by atoms with Crippen LogP contribution in [0.25, 0.3) is 0 Å². The number of hydrogen-bond donors (Lipinski definition) is 0. The van der Waals surface area contributed by atoms with Crippen LogP contribution in [0.1, 0.15) is 0 Å². The Morgan fingerprint density at radius 1 is 0.406 bits per heavy atom. The third kappa shape index (κ3) is 3.86. The summed E-state index contributed by atoms with van der Waals surface area (Å²) >= 11 is -5.07. The molecule has 0 fully saturated rings. The molecule has 0 amide bonds. The molecule has 0 bridgehead atoms.